The van der Waals surface area contributed by atoms with E-state index in [1.54, 1.807) is 91.0 Å². The predicted octanol–water partition coefficient (Wildman–Crippen LogP) is 6.66. The van der Waals surface area contributed by atoms with E-state index in [-0.39, 0.29) is 11.5 Å². The highest BCUT2D eigenvalue weighted by atomic mass is 35.5. The molecule has 0 radical (unpaired) electrons. The van der Waals surface area contributed by atoms with Crippen molar-refractivity contribution < 1.29 is 23.9 Å². The number of halogens is 1. The van der Waals surface area contributed by atoms with Gasteiger partial charge in [0.2, 0.25) is 0 Å². The van der Waals surface area contributed by atoms with E-state index in [0.717, 1.165) is 5.56 Å². The maximum atomic E-state index is 13.3. The molecule has 0 spiro atoms. The second-order valence-corrected chi connectivity index (χ2v) is 9.21. The quantitative estimate of drug-likeness (QED) is 0.165. The van der Waals surface area contributed by atoms with Gasteiger partial charge in [0.1, 0.15) is 5.70 Å². The lowest BCUT2D eigenvalue weighted by atomic mass is 10.1. The summed E-state index contributed by atoms with van der Waals surface area (Å²) in [5.74, 6) is -0.184. The molecule has 2 N–H and O–H groups in total. The van der Waals surface area contributed by atoms with Crippen molar-refractivity contribution in [3.63, 3.8) is 0 Å². The fraction of sp³-hybridized carbons (Fsp3) is 0.0606. The highest BCUT2D eigenvalue weighted by molar-refractivity contribution is 6.30. The minimum absolute atomic E-state index is 0.0112. The number of nitrogens with one attached hydrogen (secondary N) is 2. The average Bonchev–Trinajstić information content (AvgIpc) is 3.00. The van der Waals surface area contributed by atoms with E-state index in [4.69, 9.17) is 21.1 Å². The molecule has 2 amide bonds. The SMILES string of the molecule is COc1ccc(/C=C(\NC(=O)c2ccccc2)C(=O)Nc2ccc(C(=O)/C=C/c3ccc(Cl)cc3)cc2)cc1OC. The normalized spacial score (nSPS) is 11.1. The lowest BCUT2D eigenvalue weighted by Crippen LogP contribution is -2.30. The molecular formula is C33H27ClN2O5. The third kappa shape index (κ3) is 7.94. The summed E-state index contributed by atoms with van der Waals surface area (Å²) < 4.78 is 10.6. The molecule has 0 aliphatic carbocycles. The van der Waals surface area contributed by atoms with Gasteiger partial charge >= 0.3 is 0 Å². The number of benzene rings is 4. The number of ether oxygens (including phenoxy) is 2. The van der Waals surface area contributed by atoms with Gasteiger partial charge in [-0.2, -0.15) is 0 Å². The summed E-state index contributed by atoms with van der Waals surface area (Å²) in [6.45, 7) is 0. The topological polar surface area (TPSA) is 93.7 Å². The lowest BCUT2D eigenvalue weighted by Gasteiger charge is -2.13. The number of carbonyl (C=O) groups is 3. The minimum Gasteiger partial charge on any atom is -0.493 e. The number of methoxy groups -OCH3 is 2. The van der Waals surface area contributed by atoms with E-state index >= 15 is 0 Å². The summed E-state index contributed by atoms with van der Waals surface area (Å²) in [7, 11) is 3.04. The van der Waals surface area contributed by atoms with E-state index in [9.17, 15) is 14.4 Å². The number of anilines is 1. The molecule has 206 valence electrons. The van der Waals surface area contributed by atoms with Crippen LogP contribution in [-0.2, 0) is 4.79 Å². The largest absolute Gasteiger partial charge is 0.493 e. The van der Waals surface area contributed by atoms with Gasteiger partial charge in [-0.1, -0.05) is 54.1 Å². The molecule has 0 saturated heterocycles. The molecule has 4 rings (SSSR count). The Bertz CT molecular complexity index is 1600. The number of amides is 2. The minimum atomic E-state index is -0.550. The maximum absolute atomic E-state index is 13.3. The Kier molecular flexibility index (Phi) is 9.70. The monoisotopic (exact) mass is 566 g/mol. The Balaban J connectivity index is 1.53. The molecule has 0 fully saturated rings. The number of carbonyl (C=O) groups excluding carboxylic acids is 3. The van der Waals surface area contributed by atoms with Crippen molar-refractivity contribution in [2.24, 2.45) is 0 Å². The molecule has 0 aliphatic rings. The van der Waals surface area contributed by atoms with Gasteiger partial charge in [-0.05, 0) is 83.9 Å². The highest BCUT2D eigenvalue weighted by Crippen LogP contribution is 2.28. The first-order valence-corrected chi connectivity index (χ1v) is 12.9. The fourth-order valence-corrected chi connectivity index (χ4v) is 3.94. The summed E-state index contributed by atoms with van der Waals surface area (Å²) in [6, 6.07) is 27.3. The van der Waals surface area contributed by atoms with Gasteiger partial charge < -0.3 is 20.1 Å². The van der Waals surface area contributed by atoms with Crippen LogP contribution in [0, 0.1) is 0 Å². The van der Waals surface area contributed by atoms with E-state index in [1.807, 2.05) is 12.1 Å². The van der Waals surface area contributed by atoms with Crippen LogP contribution in [0.4, 0.5) is 5.69 Å². The van der Waals surface area contributed by atoms with Crippen molar-refractivity contribution in [1.82, 2.24) is 5.32 Å². The molecule has 0 saturated carbocycles. The van der Waals surface area contributed by atoms with E-state index in [0.29, 0.717) is 38.9 Å². The van der Waals surface area contributed by atoms with Gasteiger partial charge in [-0.15, -0.1) is 0 Å². The Morgan fingerprint density at radius 3 is 2.05 bits per heavy atom. The van der Waals surface area contributed by atoms with Gasteiger partial charge in [0.15, 0.2) is 17.3 Å². The van der Waals surface area contributed by atoms with Gasteiger partial charge in [-0.3, -0.25) is 14.4 Å². The molecule has 0 unspecified atom stereocenters. The number of ketones is 1. The summed E-state index contributed by atoms with van der Waals surface area (Å²) in [6.07, 6.45) is 4.71. The zero-order valence-corrected chi connectivity index (χ0v) is 23.1. The highest BCUT2D eigenvalue weighted by Gasteiger charge is 2.16. The Morgan fingerprint density at radius 1 is 0.732 bits per heavy atom. The Morgan fingerprint density at radius 2 is 1.39 bits per heavy atom. The number of allylic oxidation sites excluding steroid dienone is 1. The van der Waals surface area contributed by atoms with Crippen molar-refractivity contribution in [2.45, 2.75) is 0 Å². The Hall–Kier alpha value is -5.14. The zero-order valence-electron chi connectivity index (χ0n) is 22.4. The number of hydrogen-bond donors (Lipinski definition) is 2. The van der Waals surface area contributed by atoms with Crippen LogP contribution < -0.4 is 20.1 Å². The summed E-state index contributed by atoms with van der Waals surface area (Å²) >= 11 is 5.90. The van der Waals surface area contributed by atoms with Gasteiger partial charge in [0, 0.05) is 21.8 Å². The first kappa shape index (κ1) is 28.9. The third-order valence-electron chi connectivity index (χ3n) is 5.97. The molecule has 8 heteroatoms. The molecule has 0 heterocycles. The van der Waals surface area contributed by atoms with Crippen LogP contribution in [-0.4, -0.2) is 31.8 Å². The molecule has 0 bridgehead atoms. The van der Waals surface area contributed by atoms with Crippen LogP contribution >= 0.6 is 11.6 Å². The molecule has 0 aliphatic heterocycles. The van der Waals surface area contributed by atoms with Crippen molar-refractivity contribution in [1.29, 1.82) is 0 Å². The molecule has 7 nitrogen and oxygen atoms in total. The predicted molar refractivity (Wildman–Crippen MR) is 161 cm³/mol. The molecule has 0 aromatic heterocycles. The van der Waals surface area contributed by atoms with Crippen LogP contribution in [0.3, 0.4) is 0 Å². The van der Waals surface area contributed by atoms with Crippen LogP contribution in [0.1, 0.15) is 31.8 Å². The second-order valence-electron chi connectivity index (χ2n) is 8.77. The maximum Gasteiger partial charge on any atom is 0.272 e. The molecule has 0 atom stereocenters. The fourth-order valence-electron chi connectivity index (χ4n) is 3.81. The van der Waals surface area contributed by atoms with Crippen molar-refractivity contribution in [3.8, 4) is 11.5 Å². The van der Waals surface area contributed by atoms with Gasteiger partial charge in [-0.25, -0.2) is 0 Å². The average molecular weight is 567 g/mol. The smallest absolute Gasteiger partial charge is 0.272 e. The molecule has 4 aromatic carbocycles. The zero-order chi connectivity index (χ0) is 29.2. The number of hydrogen-bond acceptors (Lipinski definition) is 5. The Labute approximate surface area is 243 Å². The van der Waals surface area contributed by atoms with E-state index in [1.165, 1.54) is 26.4 Å². The lowest BCUT2D eigenvalue weighted by molar-refractivity contribution is -0.113. The van der Waals surface area contributed by atoms with Crippen LogP contribution in [0.2, 0.25) is 5.02 Å². The van der Waals surface area contributed by atoms with Crippen molar-refractivity contribution in [3.05, 3.63) is 136 Å². The first-order valence-electron chi connectivity index (χ1n) is 12.6. The molecule has 41 heavy (non-hydrogen) atoms. The standard InChI is InChI=1S/C33H27ClN2O5/c1-40-30-19-11-23(21-31(30)41-2)20-28(36-32(38)25-6-4-3-5-7-25)33(39)35-27-16-12-24(13-17-27)29(37)18-10-22-8-14-26(34)15-9-22/h3-21H,1-2H3,(H,35,39)(H,36,38)/b18-10+,28-20-. The summed E-state index contributed by atoms with van der Waals surface area (Å²) in [5, 5.41) is 6.10. The van der Waals surface area contributed by atoms with Crippen LogP contribution in [0.5, 0.6) is 11.5 Å². The second kappa shape index (κ2) is 13.8. The summed E-state index contributed by atoms with van der Waals surface area (Å²) in [5.41, 5.74) is 2.75. The molecular weight excluding hydrogens is 540 g/mol. The van der Waals surface area contributed by atoms with Crippen molar-refractivity contribution in [2.75, 3.05) is 19.5 Å². The van der Waals surface area contributed by atoms with E-state index in [2.05, 4.69) is 10.6 Å². The van der Waals surface area contributed by atoms with Crippen molar-refractivity contribution >= 4 is 47.0 Å². The van der Waals surface area contributed by atoms with E-state index < -0.39 is 11.8 Å². The number of rotatable bonds is 10. The van der Waals surface area contributed by atoms with Crippen LogP contribution in [0.15, 0.2) is 109 Å². The third-order valence-corrected chi connectivity index (χ3v) is 6.22. The summed E-state index contributed by atoms with van der Waals surface area (Å²) in [4.78, 5) is 38.8. The first-order chi connectivity index (χ1) is 19.9. The van der Waals surface area contributed by atoms with Gasteiger partial charge in [0.25, 0.3) is 11.8 Å². The molecule has 4 aromatic rings. The van der Waals surface area contributed by atoms with Crippen LogP contribution in [0.25, 0.3) is 12.2 Å². The van der Waals surface area contributed by atoms with Gasteiger partial charge in [0.05, 0.1) is 14.2 Å².